The molecule has 0 aromatic heterocycles. The van der Waals surface area contributed by atoms with E-state index in [-0.39, 0.29) is 24.8 Å². The zero-order valence-corrected chi connectivity index (χ0v) is 24.2. The molecule has 0 bridgehead atoms. The van der Waals surface area contributed by atoms with Crippen molar-refractivity contribution in [2.24, 2.45) is 0 Å². The number of benzene rings is 4. The summed E-state index contributed by atoms with van der Waals surface area (Å²) in [6.45, 7) is 2.25. The van der Waals surface area contributed by atoms with E-state index in [0.717, 1.165) is 12.8 Å². The quantitative estimate of drug-likeness (QED) is 0.285. The van der Waals surface area contributed by atoms with Gasteiger partial charge in [-0.05, 0) is 12.8 Å². The van der Waals surface area contributed by atoms with E-state index >= 15 is 0 Å². The Hall–Kier alpha value is -2.44. The number of hydrogen-bond acceptors (Lipinski definition) is 0. The molecule has 1 aliphatic rings. The van der Waals surface area contributed by atoms with Gasteiger partial charge in [0.1, 0.15) is 0 Å². The Bertz CT molecular complexity index is 1470. The van der Waals surface area contributed by atoms with Gasteiger partial charge in [-0.15, -0.1) is 33.7 Å². The fraction of sp³-hybridized carbons (Fsp3) is 0.0909. The molecule has 178 valence electrons. The first kappa shape index (κ1) is 28.1. The van der Waals surface area contributed by atoms with Crippen LogP contribution in [0.4, 0.5) is 0 Å². The second kappa shape index (κ2) is 13.2. The van der Waals surface area contributed by atoms with Gasteiger partial charge in [0.15, 0.2) is 0 Å². The van der Waals surface area contributed by atoms with Gasteiger partial charge in [0.2, 0.25) is 0 Å². The van der Waals surface area contributed by atoms with E-state index in [4.69, 9.17) is 0 Å². The van der Waals surface area contributed by atoms with Gasteiger partial charge >= 0.3 is 99.2 Å². The number of rotatable bonds is 4. The molecule has 5 aromatic carbocycles. The van der Waals surface area contributed by atoms with Crippen LogP contribution in [0.2, 0.25) is 0 Å². The molecular formula is C33H27Cl2Zr-. The normalized spacial score (nSPS) is 11.8. The SMILES string of the molecule is CCc1ccc2c([cH-]c3ccccc32)c1C1=CC=CC1.[Cl-].[Cl-].[Zr+2]=[C](c1ccccc1)c1ccccc1. The maximum absolute atomic E-state index is 2.36. The first-order valence-electron chi connectivity index (χ1n) is 11.9. The molecule has 0 atom stereocenters. The van der Waals surface area contributed by atoms with Crippen LogP contribution in [0.5, 0.6) is 0 Å². The van der Waals surface area contributed by atoms with Crippen molar-refractivity contribution < 1.29 is 49.0 Å². The van der Waals surface area contributed by atoms with Crippen molar-refractivity contribution in [1.29, 1.82) is 0 Å². The van der Waals surface area contributed by atoms with Gasteiger partial charge in [-0.3, -0.25) is 0 Å². The predicted octanol–water partition coefficient (Wildman–Crippen LogP) is 2.43. The molecule has 0 radical (unpaired) electrons. The number of aryl methyl sites for hydroxylation is 1. The molecule has 3 heteroatoms. The molecule has 36 heavy (non-hydrogen) atoms. The van der Waals surface area contributed by atoms with Crippen LogP contribution >= 0.6 is 0 Å². The van der Waals surface area contributed by atoms with Gasteiger partial charge in [0, 0.05) is 0 Å². The Balaban J connectivity index is 0.000000201. The Morgan fingerprint density at radius 3 is 1.94 bits per heavy atom. The van der Waals surface area contributed by atoms with Gasteiger partial charge in [-0.25, -0.2) is 0 Å². The molecular weight excluding hydrogens is 558 g/mol. The summed E-state index contributed by atoms with van der Waals surface area (Å²) in [5.41, 5.74) is 7.05. The van der Waals surface area contributed by atoms with E-state index in [1.54, 1.807) is 0 Å². The minimum absolute atomic E-state index is 0. The molecule has 0 saturated carbocycles. The molecule has 0 nitrogen and oxygen atoms in total. The summed E-state index contributed by atoms with van der Waals surface area (Å²) in [6.07, 6.45) is 8.84. The van der Waals surface area contributed by atoms with Gasteiger partial charge in [0.25, 0.3) is 0 Å². The van der Waals surface area contributed by atoms with Gasteiger partial charge in [-0.1, -0.05) is 72.2 Å². The molecule has 5 aromatic rings. The standard InChI is InChI=1S/C20H17.C13H10.2ClH.Zr/c1-2-14-11-12-18-17-10-6-5-9-16(17)13-19(18)20(14)15-7-3-4-8-15;1-3-7-12(8-4-1)11-13-9-5-2-6-10-13;;;/h3-7,9-13H,2,8H2,1H3;1-10H;2*1H;/q-1;;;;+2/p-2. The second-order valence-corrected chi connectivity index (χ2v) is 9.81. The number of allylic oxidation sites excluding steroid dienone is 4. The van der Waals surface area contributed by atoms with Crippen molar-refractivity contribution in [3.63, 3.8) is 0 Å². The summed E-state index contributed by atoms with van der Waals surface area (Å²) in [4.78, 5) is 0. The fourth-order valence-electron chi connectivity index (χ4n) is 4.76. The average molecular weight is 586 g/mol. The minimum atomic E-state index is 0. The molecule has 6 rings (SSSR count). The summed E-state index contributed by atoms with van der Waals surface area (Å²) in [7, 11) is 0. The van der Waals surface area contributed by atoms with Gasteiger partial charge < -0.3 is 24.8 Å². The molecule has 0 amide bonds. The van der Waals surface area contributed by atoms with E-state index < -0.39 is 0 Å². The van der Waals surface area contributed by atoms with Crippen molar-refractivity contribution >= 4 is 30.3 Å². The van der Waals surface area contributed by atoms with Crippen molar-refractivity contribution in [1.82, 2.24) is 0 Å². The molecule has 0 N–H and O–H groups in total. The molecule has 0 aliphatic heterocycles. The number of fused-ring (bicyclic) bond motifs is 3. The summed E-state index contributed by atoms with van der Waals surface area (Å²) in [5, 5.41) is 5.53. The first-order valence-corrected chi connectivity index (χ1v) is 13.1. The van der Waals surface area contributed by atoms with Crippen molar-refractivity contribution in [3.8, 4) is 0 Å². The van der Waals surface area contributed by atoms with E-state index in [0.29, 0.717) is 0 Å². The average Bonchev–Trinajstić information content (AvgIpc) is 3.57. The Morgan fingerprint density at radius 2 is 1.36 bits per heavy atom. The zero-order chi connectivity index (χ0) is 23.3. The molecule has 0 fully saturated rings. The number of hydrogen-bond donors (Lipinski definition) is 0. The van der Waals surface area contributed by atoms with Crippen molar-refractivity contribution in [3.05, 3.63) is 144 Å². The Morgan fingerprint density at radius 1 is 0.750 bits per heavy atom. The van der Waals surface area contributed by atoms with Crippen LogP contribution in [0.3, 0.4) is 0 Å². The summed E-state index contributed by atoms with van der Waals surface area (Å²) < 4.78 is 1.42. The second-order valence-electron chi connectivity index (χ2n) is 8.58. The van der Waals surface area contributed by atoms with Gasteiger partial charge in [0.05, 0.1) is 0 Å². The van der Waals surface area contributed by atoms with Crippen LogP contribution in [-0.2, 0) is 30.7 Å². The van der Waals surface area contributed by atoms with Gasteiger partial charge in [-0.2, -0.15) is 0 Å². The van der Waals surface area contributed by atoms with Crippen molar-refractivity contribution in [2.45, 2.75) is 19.8 Å². The molecule has 0 saturated heterocycles. The molecule has 0 spiro atoms. The van der Waals surface area contributed by atoms with E-state index in [9.17, 15) is 0 Å². The molecule has 1 aliphatic carbocycles. The summed E-state index contributed by atoms with van der Waals surface area (Å²) in [6, 6.07) is 36.8. The Kier molecular flexibility index (Phi) is 10.3. The third-order valence-corrected chi connectivity index (χ3v) is 7.90. The van der Waals surface area contributed by atoms with Crippen LogP contribution in [0.25, 0.3) is 27.1 Å². The maximum atomic E-state index is 2.36. The Labute approximate surface area is 241 Å². The molecule has 0 unspecified atom stereocenters. The number of halogens is 2. The van der Waals surface area contributed by atoms with Crippen LogP contribution in [0, 0.1) is 0 Å². The summed E-state index contributed by atoms with van der Waals surface area (Å²) >= 11 is 1.46. The predicted molar refractivity (Wildman–Crippen MR) is 144 cm³/mol. The topological polar surface area (TPSA) is 0 Å². The summed E-state index contributed by atoms with van der Waals surface area (Å²) in [5.74, 6) is 0. The fourth-order valence-corrected chi connectivity index (χ4v) is 5.58. The van der Waals surface area contributed by atoms with E-state index in [1.807, 2.05) is 0 Å². The van der Waals surface area contributed by atoms with E-state index in [1.165, 1.54) is 76.8 Å². The van der Waals surface area contributed by atoms with E-state index in [2.05, 4.69) is 128 Å². The van der Waals surface area contributed by atoms with Crippen LogP contribution in [0.15, 0.2) is 121 Å². The third kappa shape index (κ3) is 5.92. The monoisotopic (exact) mass is 583 g/mol. The third-order valence-electron chi connectivity index (χ3n) is 6.48. The first-order chi connectivity index (χ1) is 16.8. The zero-order valence-electron chi connectivity index (χ0n) is 20.2. The van der Waals surface area contributed by atoms with Crippen LogP contribution in [-0.4, -0.2) is 3.21 Å². The van der Waals surface area contributed by atoms with Crippen LogP contribution in [0.1, 0.15) is 35.6 Å². The molecule has 0 heterocycles. The van der Waals surface area contributed by atoms with Crippen LogP contribution < -0.4 is 24.8 Å². The van der Waals surface area contributed by atoms with Crippen molar-refractivity contribution in [2.75, 3.05) is 0 Å².